The maximum absolute atomic E-state index is 11.8. The third kappa shape index (κ3) is 9.29. The number of nitrogens with two attached hydrogens (primary N) is 1. The van der Waals surface area contributed by atoms with E-state index in [0.717, 1.165) is 0 Å². The molecule has 0 aliphatic carbocycles. The molecule has 0 saturated carbocycles. The number of alkyl halides is 3. The molecule has 0 heterocycles. The van der Waals surface area contributed by atoms with Crippen molar-refractivity contribution in [3.8, 4) is 0 Å². The van der Waals surface area contributed by atoms with Crippen LogP contribution in [0, 0.1) is 5.92 Å². The van der Waals surface area contributed by atoms with E-state index in [1.165, 1.54) is 0 Å². The van der Waals surface area contributed by atoms with Gasteiger partial charge in [-0.1, -0.05) is 13.8 Å². The van der Waals surface area contributed by atoms with Crippen molar-refractivity contribution in [2.75, 3.05) is 13.1 Å². The van der Waals surface area contributed by atoms with Gasteiger partial charge in [0.05, 0.1) is 12.6 Å². The first kappa shape index (κ1) is 17.7. The van der Waals surface area contributed by atoms with E-state index in [0.29, 0.717) is 0 Å². The predicted octanol–water partition coefficient (Wildman–Crippen LogP) is 0.545. The summed E-state index contributed by atoms with van der Waals surface area (Å²) in [6.07, 6.45) is -5.35. The van der Waals surface area contributed by atoms with Crippen molar-refractivity contribution >= 4 is 11.8 Å². The van der Waals surface area contributed by atoms with Gasteiger partial charge in [-0.05, 0) is 12.3 Å². The number of carbonyl (C=O) groups is 2. The van der Waals surface area contributed by atoms with Crippen molar-refractivity contribution in [1.82, 2.24) is 10.6 Å². The second-order valence-electron chi connectivity index (χ2n) is 4.56. The number of carbonyl (C=O) groups excluding carboxylic acids is 2. The molecule has 0 aliphatic heterocycles. The number of amides is 2. The van der Waals surface area contributed by atoms with E-state index >= 15 is 0 Å². The molecule has 0 unspecified atom stereocenters. The van der Waals surface area contributed by atoms with Gasteiger partial charge in [-0.15, -0.1) is 0 Å². The molecule has 0 radical (unpaired) electrons. The fraction of sp³-hybridized carbons (Fsp3) is 0.818. The Morgan fingerprint density at radius 1 is 1.21 bits per heavy atom. The zero-order valence-electron chi connectivity index (χ0n) is 11.0. The quantitative estimate of drug-likeness (QED) is 0.596. The maximum Gasteiger partial charge on any atom is 0.389 e. The largest absolute Gasteiger partial charge is 0.389 e. The molecule has 8 heteroatoms. The third-order valence-electron chi connectivity index (χ3n) is 2.40. The summed E-state index contributed by atoms with van der Waals surface area (Å²) in [5, 5.41) is 4.61. The van der Waals surface area contributed by atoms with Crippen LogP contribution in [-0.2, 0) is 9.59 Å². The van der Waals surface area contributed by atoms with Gasteiger partial charge in [-0.25, -0.2) is 0 Å². The summed E-state index contributed by atoms with van der Waals surface area (Å²) in [6.45, 7) is 3.17. The van der Waals surface area contributed by atoms with Crippen LogP contribution in [0.3, 0.4) is 0 Å². The first-order valence-electron chi connectivity index (χ1n) is 6.00. The molecule has 0 saturated heterocycles. The Labute approximate surface area is 110 Å². The van der Waals surface area contributed by atoms with Crippen LogP contribution in [0.15, 0.2) is 0 Å². The molecular formula is C11H20F3N3O2. The second kappa shape index (κ2) is 7.98. The zero-order chi connectivity index (χ0) is 15.1. The van der Waals surface area contributed by atoms with Gasteiger partial charge < -0.3 is 16.4 Å². The third-order valence-corrected chi connectivity index (χ3v) is 2.40. The van der Waals surface area contributed by atoms with Crippen molar-refractivity contribution in [2.24, 2.45) is 11.7 Å². The van der Waals surface area contributed by atoms with Crippen LogP contribution in [0.2, 0.25) is 0 Å². The molecule has 0 aliphatic rings. The highest BCUT2D eigenvalue weighted by atomic mass is 19.4. The lowest BCUT2D eigenvalue weighted by atomic mass is 10.1. The maximum atomic E-state index is 11.8. The van der Waals surface area contributed by atoms with Gasteiger partial charge in [0.2, 0.25) is 11.8 Å². The summed E-state index contributed by atoms with van der Waals surface area (Å²) >= 11 is 0. The van der Waals surface area contributed by atoms with Crippen molar-refractivity contribution < 1.29 is 22.8 Å². The summed E-state index contributed by atoms with van der Waals surface area (Å²) in [6, 6.07) is -0.710. The summed E-state index contributed by atoms with van der Waals surface area (Å²) < 4.78 is 35.4. The fourth-order valence-electron chi connectivity index (χ4n) is 1.17. The Morgan fingerprint density at radius 3 is 2.26 bits per heavy atom. The van der Waals surface area contributed by atoms with E-state index in [-0.39, 0.29) is 25.4 Å². The molecule has 5 nitrogen and oxygen atoms in total. The van der Waals surface area contributed by atoms with Crippen molar-refractivity contribution in [3.63, 3.8) is 0 Å². The normalized spacial score (nSPS) is 13.2. The smallest absolute Gasteiger partial charge is 0.355 e. The molecule has 4 N–H and O–H groups in total. The highest BCUT2D eigenvalue weighted by Crippen LogP contribution is 2.20. The Kier molecular flexibility index (Phi) is 7.43. The van der Waals surface area contributed by atoms with Crippen LogP contribution in [0.4, 0.5) is 13.2 Å². The standard InChI is InChI=1S/C11H20F3N3O2/c1-7(2)9(15)10(19)17-6-8(18)16-5-3-4-11(12,13)14/h7,9H,3-6,15H2,1-2H3,(H,16,18)(H,17,19)/t9-/m0/s1. The van der Waals surface area contributed by atoms with Crippen molar-refractivity contribution in [2.45, 2.75) is 38.9 Å². The molecule has 1 atom stereocenters. The molecular weight excluding hydrogens is 263 g/mol. The van der Waals surface area contributed by atoms with Crippen LogP contribution in [0.5, 0.6) is 0 Å². The summed E-state index contributed by atoms with van der Waals surface area (Å²) in [4.78, 5) is 22.6. The topological polar surface area (TPSA) is 84.2 Å². The Morgan fingerprint density at radius 2 is 1.79 bits per heavy atom. The minimum absolute atomic E-state index is 0.0603. The Balaban J connectivity index is 3.74. The predicted molar refractivity (Wildman–Crippen MR) is 64.1 cm³/mol. The molecule has 112 valence electrons. The number of hydrogen-bond donors (Lipinski definition) is 3. The van der Waals surface area contributed by atoms with Crippen molar-refractivity contribution in [1.29, 1.82) is 0 Å². The van der Waals surface area contributed by atoms with Gasteiger partial charge in [0.15, 0.2) is 0 Å². The molecule has 0 rings (SSSR count). The molecule has 0 aromatic carbocycles. The van der Waals surface area contributed by atoms with Gasteiger partial charge in [0.1, 0.15) is 0 Å². The lowest BCUT2D eigenvalue weighted by Crippen LogP contribution is -2.47. The second-order valence-corrected chi connectivity index (χ2v) is 4.56. The molecule has 0 aromatic rings. The van der Waals surface area contributed by atoms with Crippen LogP contribution in [0.1, 0.15) is 26.7 Å². The zero-order valence-corrected chi connectivity index (χ0v) is 11.0. The SMILES string of the molecule is CC(C)[C@H](N)C(=O)NCC(=O)NCCCC(F)(F)F. The summed E-state index contributed by atoms with van der Waals surface area (Å²) in [7, 11) is 0. The number of nitrogens with one attached hydrogen (secondary N) is 2. The van der Waals surface area contributed by atoms with E-state index in [4.69, 9.17) is 5.73 Å². The monoisotopic (exact) mass is 283 g/mol. The molecule has 0 spiro atoms. The average Bonchev–Trinajstić information content (AvgIpc) is 2.29. The van der Waals surface area contributed by atoms with E-state index in [1.54, 1.807) is 13.8 Å². The van der Waals surface area contributed by atoms with Crippen LogP contribution < -0.4 is 16.4 Å². The molecule has 19 heavy (non-hydrogen) atoms. The van der Waals surface area contributed by atoms with Gasteiger partial charge in [0.25, 0.3) is 0 Å². The van der Waals surface area contributed by atoms with Crippen molar-refractivity contribution in [3.05, 3.63) is 0 Å². The minimum Gasteiger partial charge on any atom is -0.355 e. The van der Waals surface area contributed by atoms with Crippen LogP contribution in [0.25, 0.3) is 0 Å². The van der Waals surface area contributed by atoms with Gasteiger partial charge in [0, 0.05) is 13.0 Å². The molecule has 0 fully saturated rings. The fourth-order valence-corrected chi connectivity index (χ4v) is 1.17. The highest BCUT2D eigenvalue weighted by molar-refractivity contribution is 5.87. The Hall–Kier alpha value is -1.31. The number of hydrogen-bond acceptors (Lipinski definition) is 3. The molecule has 2 amide bonds. The van der Waals surface area contributed by atoms with E-state index in [1.807, 2.05) is 0 Å². The molecule has 0 aromatic heterocycles. The Bertz CT molecular complexity index is 306. The van der Waals surface area contributed by atoms with Gasteiger partial charge >= 0.3 is 6.18 Å². The number of rotatable bonds is 7. The first-order valence-corrected chi connectivity index (χ1v) is 6.00. The summed E-state index contributed by atoms with van der Waals surface area (Å²) in [5.74, 6) is -1.05. The van der Waals surface area contributed by atoms with Crippen LogP contribution in [-0.4, -0.2) is 37.1 Å². The number of halogens is 3. The van der Waals surface area contributed by atoms with Gasteiger partial charge in [-0.3, -0.25) is 9.59 Å². The minimum atomic E-state index is -4.22. The summed E-state index contributed by atoms with van der Waals surface area (Å²) in [5.41, 5.74) is 5.55. The first-order chi connectivity index (χ1) is 8.63. The van der Waals surface area contributed by atoms with E-state index in [2.05, 4.69) is 10.6 Å². The van der Waals surface area contributed by atoms with Crippen LogP contribution >= 0.6 is 0 Å². The van der Waals surface area contributed by atoms with E-state index in [9.17, 15) is 22.8 Å². The lowest BCUT2D eigenvalue weighted by molar-refractivity contribution is -0.136. The van der Waals surface area contributed by atoms with E-state index < -0.39 is 30.5 Å². The average molecular weight is 283 g/mol. The lowest BCUT2D eigenvalue weighted by Gasteiger charge is -2.15. The van der Waals surface area contributed by atoms with Gasteiger partial charge in [-0.2, -0.15) is 13.2 Å². The highest BCUT2D eigenvalue weighted by Gasteiger charge is 2.26. The molecule has 0 bridgehead atoms.